The fourth-order valence-electron chi connectivity index (χ4n) is 7.49. The van der Waals surface area contributed by atoms with E-state index in [1.54, 1.807) is 6.92 Å². The zero-order valence-corrected chi connectivity index (χ0v) is 28.6. The number of anilines is 1. The number of nitrogens with two attached hydrogens (primary N) is 1. The minimum absolute atomic E-state index is 0. The van der Waals surface area contributed by atoms with Crippen LogP contribution in [0.15, 0.2) is 67.0 Å². The predicted molar refractivity (Wildman–Crippen MR) is 175 cm³/mol. The molecule has 7 rings (SSSR count). The number of aromatic nitrogens is 3. The molecule has 1 aliphatic heterocycles. The Morgan fingerprint density at radius 3 is 2.45 bits per heavy atom. The second kappa shape index (κ2) is 13.2. The van der Waals surface area contributed by atoms with Gasteiger partial charge in [-0.05, 0) is 99.8 Å². The number of carbonyl (C=O) groups excluding carboxylic acids is 1. The van der Waals surface area contributed by atoms with Gasteiger partial charge in [-0.2, -0.15) is 0 Å². The van der Waals surface area contributed by atoms with Crippen LogP contribution in [0.3, 0.4) is 0 Å². The third-order valence-electron chi connectivity index (χ3n) is 10.0. The Balaban J connectivity index is 0.00000343. The van der Waals surface area contributed by atoms with Crippen LogP contribution in [0.4, 0.5) is 5.69 Å². The van der Waals surface area contributed by atoms with E-state index in [4.69, 9.17) is 15.7 Å². The molecule has 0 spiro atoms. The van der Waals surface area contributed by atoms with Gasteiger partial charge >= 0.3 is 0 Å². The molecule has 2 N–H and O–H groups in total. The minimum Gasteiger partial charge on any atom is -0.398 e. The summed E-state index contributed by atoms with van der Waals surface area (Å²) in [5.74, 6) is 1.35. The number of hydrogen-bond donors (Lipinski definition) is 1. The predicted octanol–water partition coefficient (Wildman–Crippen LogP) is 7.64. The second-order valence-electron chi connectivity index (χ2n) is 12.7. The number of pyridine rings is 2. The minimum atomic E-state index is 0. The molecule has 2 aliphatic rings. The van der Waals surface area contributed by atoms with Crippen molar-refractivity contribution in [1.82, 2.24) is 19.4 Å². The maximum atomic E-state index is 11.8. The number of piperidine rings is 1. The number of nitrogens with zero attached hydrogens (tertiary/aromatic N) is 4. The first-order valence-corrected chi connectivity index (χ1v) is 15.8. The van der Waals surface area contributed by atoms with Crippen molar-refractivity contribution >= 4 is 33.4 Å². The van der Waals surface area contributed by atoms with Gasteiger partial charge in [0.25, 0.3) is 0 Å². The monoisotopic (exact) mass is 659 g/mol. The molecule has 0 amide bonds. The number of rotatable bonds is 6. The van der Waals surface area contributed by atoms with Crippen molar-refractivity contribution in [2.24, 2.45) is 11.8 Å². The van der Waals surface area contributed by atoms with Gasteiger partial charge in [0.2, 0.25) is 0 Å². The Bertz CT molecular complexity index is 1780. The van der Waals surface area contributed by atoms with Crippen LogP contribution in [0.5, 0.6) is 0 Å². The van der Waals surface area contributed by atoms with E-state index in [-0.39, 0.29) is 38.6 Å². The summed E-state index contributed by atoms with van der Waals surface area (Å²) >= 11 is 0. The normalized spacial score (nSPS) is 19.7. The van der Waals surface area contributed by atoms with Crippen molar-refractivity contribution in [3.63, 3.8) is 0 Å². The van der Waals surface area contributed by atoms with Crippen molar-refractivity contribution in [3.8, 4) is 22.4 Å². The molecule has 1 aliphatic carbocycles. The second-order valence-corrected chi connectivity index (χ2v) is 12.7. The van der Waals surface area contributed by atoms with Gasteiger partial charge in [-0.3, -0.25) is 4.79 Å². The third kappa shape index (κ3) is 6.01. The largest absolute Gasteiger partial charge is 0.398 e. The number of nitrogen functional groups attached to an aromatic ring is 1. The molecular formula is C37H40N5OY-. The molecule has 223 valence electrons. The number of hydrogen-bond acceptors (Lipinski definition) is 5. The van der Waals surface area contributed by atoms with Crippen LogP contribution in [0, 0.1) is 24.8 Å². The van der Waals surface area contributed by atoms with Gasteiger partial charge in [0.15, 0.2) is 0 Å². The molecular weight excluding hydrogens is 619 g/mol. The van der Waals surface area contributed by atoms with Gasteiger partial charge in [-0.1, -0.05) is 42.0 Å². The Morgan fingerprint density at radius 2 is 1.73 bits per heavy atom. The van der Waals surface area contributed by atoms with E-state index in [1.807, 2.05) is 36.5 Å². The summed E-state index contributed by atoms with van der Waals surface area (Å²) < 4.78 is 2.40. The number of ketones is 1. The van der Waals surface area contributed by atoms with E-state index in [0.717, 1.165) is 101 Å². The van der Waals surface area contributed by atoms with Gasteiger partial charge in [0.05, 0.1) is 0 Å². The summed E-state index contributed by atoms with van der Waals surface area (Å²) in [6.07, 6.45) is 10.9. The Hall–Kier alpha value is -2.93. The quantitative estimate of drug-likeness (QED) is 0.190. The number of carbonyl (C=O) groups is 1. The average molecular weight is 660 g/mol. The Labute approximate surface area is 285 Å². The molecule has 7 heteroatoms. The molecule has 5 aromatic rings. The molecule has 2 aromatic carbocycles. The summed E-state index contributed by atoms with van der Waals surface area (Å²) in [5, 5.41) is 2.04. The number of aryl methyl sites for hydroxylation is 1. The summed E-state index contributed by atoms with van der Waals surface area (Å²) in [5.41, 5.74) is 14.8. The molecule has 1 saturated carbocycles. The SMILES string of the molecule is CC(=O)C1CCN(CC2CCC(n3cc(-c4ccc5[c-]cc(-c6ccccc6)nc5c4C)c4c(N)ccnc43)CC2)CC1.[Y]. The molecule has 44 heavy (non-hydrogen) atoms. The van der Waals surface area contributed by atoms with E-state index in [2.05, 4.69) is 52.9 Å². The molecule has 1 saturated heterocycles. The molecule has 2 fully saturated rings. The number of benzene rings is 2. The maximum absolute atomic E-state index is 11.8. The topological polar surface area (TPSA) is 77.0 Å². The van der Waals surface area contributed by atoms with E-state index < -0.39 is 0 Å². The Kier molecular flexibility index (Phi) is 9.32. The zero-order valence-electron chi connectivity index (χ0n) is 25.8. The van der Waals surface area contributed by atoms with Gasteiger partial charge < -0.3 is 20.2 Å². The first-order chi connectivity index (χ1) is 21.0. The third-order valence-corrected chi connectivity index (χ3v) is 10.0. The molecule has 3 aromatic heterocycles. The average Bonchev–Trinajstić information content (AvgIpc) is 3.43. The molecule has 0 unspecified atom stereocenters. The van der Waals surface area contributed by atoms with Gasteiger partial charge in [0.1, 0.15) is 11.4 Å². The van der Waals surface area contributed by atoms with E-state index in [1.165, 1.54) is 12.8 Å². The van der Waals surface area contributed by atoms with E-state index in [0.29, 0.717) is 17.7 Å². The van der Waals surface area contributed by atoms with Crippen molar-refractivity contribution < 1.29 is 37.5 Å². The molecule has 0 atom stereocenters. The molecule has 1 radical (unpaired) electrons. The smallest absolute Gasteiger partial charge is 0.142 e. The van der Waals surface area contributed by atoms with Crippen LogP contribution in [0.25, 0.3) is 44.3 Å². The van der Waals surface area contributed by atoms with Gasteiger partial charge in [-0.15, -0.1) is 23.6 Å². The fourth-order valence-corrected chi connectivity index (χ4v) is 7.49. The van der Waals surface area contributed by atoms with Gasteiger partial charge in [-0.25, -0.2) is 4.98 Å². The van der Waals surface area contributed by atoms with E-state index >= 15 is 0 Å². The molecule has 0 bridgehead atoms. The van der Waals surface area contributed by atoms with Crippen molar-refractivity contribution in [3.05, 3.63) is 78.6 Å². The number of likely N-dealkylation sites (tertiary alicyclic amines) is 1. The summed E-state index contributed by atoms with van der Waals surface area (Å²) in [6.45, 7) is 7.19. The van der Waals surface area contributed by atoms with Crippen LogP contribution < -0.4 is 5.73 Å². The first-order valence-electron chi connectivity index (χ1n) is 15.8. The molecule has 6 nitrogen and oxygen atoms in total. The Morgan fingerprint density at radius 1 is 0.977 bits per heavy atom. The first kappa shape index (κ1) is 31.1. The summed E-state index contributed by atoms with van der Waals surface area (Å²) in [6, 6.07) is 22.4. The maximum Gasteiger partial charge on any atom is 0.142 e. The number of fused-ring (bicyclic) bond motifs is 2. The van der Waals surface area contributed by atoms with Crippen LogP contribution in [-0.4, -0.2) is 44.9 Å². The number of Topliss-reactive ketones (excluding diaryl/α,β-unsaturated/α-hetero) is 1. The van der Waals surface area contributed by atoms with Crippen molar-refractivity contribution in [2.45, 2.75) is 58.4 Å². The fraction of sp³-hybridized carbons (Fsp3) is 0.378. The van der Waals surface area contributed by atoms with Crippen LogP contribution in [0.1, 0.15) is 57.1 Å². The van der Waals surface area contributed by atoms with Crippen LogP contribution in [-0.2, 0) is 37.5 Å². The van der Waals surface area contributed by atoms with E-state index in [9.17, 15) is 4.79 Å². The van der Waals surface area contributed by atoms with Crippen molar-refractivity contribution in [2.75, 3.05) is 25.4 Å². The summed E-state index contributed by atoms with van der Waals surface area (Å²) in [4.78, 5) is 24.3. The van der Waals surface area contributed by atoms with Gasteiger partial charge in [0, 0.05) is 80.2 Å². The van der Waals surface area contributed by atoms with Crippen molar-refractivity contribution in [1.29, 1.82) is 0 Å². The summed E-state index contributed by atoms with van der Waals surface area (Å²) in [7, 11) is 0. The standard InChI is InChI=1S/C37H40N5O.Y/c1-24-31(14-10-29-11-15-34(40-36(24)29)28-6-4-3-5-7-28)32-23-42(37-35(32)33(38)16-19-39-37)30-12-8-26(9-13-30)22-41-20-17-27(18-21-41)25(2)43;/h3-7,10,14-16,19,23,26-27,30H,8-9,12-13,17-18,20-22H2,1-2H3,(H2,38,39);/q-1;. The zero-order chi connectivity index (χ0) is 29.5. The van der Waals surface area contributed by atoms with Crippen LogP contribution in [0.2, 0.25) is 0 Å². The molecule has 4 heterocycles. The van der Waals surface area contributed by atoms with Crippen LogP contribution >= 0.6 is 0 Å².